The van der Waals surface area contributed by atoms with Gasteiger partial charge in [0.2, 0.25) is 5.91 Å². The van der Waals surface area contributed by atoms with Gasteiger partial charge in [-0.1, -0.05) is 6.07 Å². The molecule has 4 nitrogen and oxygen atoms in total. The minimum atomic E-state index is -0.947. The molecule has 104 valence electrons. The monoisotopic (exact) mass is 281 g/mol. The molecule has 19 heavy (non-hydrogen) atoms. The lowest BCUT2D eigenvalue weighted by atomic mass is 10.1. The van der Waals surface area contributed by atoms with Crippen LogP contribution in [0.1, 0.15) is 29.8 Å². The van der Waals surface area contributed by atoms with E-state index in [0.29, 0.717) is 18.8 Å². The highest BCUT2D eigenvalue weighted by molar-refractivity contribution is 8.00. The molecule has 0 aliphatic heterocycles. The molecule has 1 rings (SSSR count). The Bertz CT molecular complexity index is 470. The maximum Gasteiger partial charge on any atom is 0.335 e. The third-order valence-electron chi connectivity index (χ3n) is 2.90. The highest BCUT2D eigenvalue weighted by atomic mass is 32.2. The van der Waals surface area contributed by atoms with Crippen molar-refractivity contribution in [3.05, 3.63) is 29.3 Å². The molecule has 0 atom stereocenters. The van der Waals surface area contributed by atoms with Gasteiger partial charge in [0.15, 0.2) is 0 Å². The number of amides is 1. The van der Waals surface area contributed by atoms with Crippen molar-refractivity contribution in [2.75, 3.05) is 18.8 Å². The smallest absolute Gasteiger partial charge is 0.335 e. The Balaban J connectivity index is 2.74. The second-order valence-electron chi connectivity index (χ2n) is 4.14. The molecular formula is C14H19NO3S. The van der Waals surface area contributed by atoms with Gasteiger partial charge in [-0.15, -0.1) is 11.8 Å². The van der Waals surface area contributed by atoms with Crippen molar-refractivity contribution < 1.29 is 14.7 Å². The normalized spacial score (nSPS) is 10.3. The summed E-state index contributed by atoms with van der Waals surface area (Å²) in [6.45, 7) is 7.20. The van der Waals surface area contributed by atoms with Crippen molar-refractivity contribution in [2.45, 2.75) is 25.7 Å². The fourth-order valence-corrected chi connectivity index (χ4v) is 2.66. The number of carbonyl (C=O) groups is 2. The lowest BCUT2D eigenvalue weighted by Gasteiger charge is -2.18. The zero-order valence-corrected chi connectivity index (χ0v) is 12.3. The van der Waals surface area contributed by atoms with Crippen molar-refractivity contribution in [2.24, 2.45) is 0 Å². The summed E-state index contributed by atoms with van der Waals surface area (Å²) in [5.41, 5.74) is 1.24. The number of carboxylic acid groups (broad SMARTS) is 1. The zero-order chi connectivity index (χ0) is 14.4. The van der Waals surface area contributed by atoms with Crippen molar-refractivity contribution in [1.82, 2.24) is 4.90 Å². The number of carbonyl (C=O) groups excluding carboxylic acids is 1. The van der Waals surface area contributed by atoms with Gasteiger partial charge >= 0.3 is 5.97 Å². The summed E-state index contributed by atoms with van der Waals surface area (Å²) in [6, 6.07) is 4.97. The summed E-state index contributed by atoms with van der Waals surface area (Å²) in [4.78, 5) is 25.4. The highest BCUT2D eigenvalue weighted by Gasteiger charge is 2.12. The standard InChI is InChI=1S/C14H19NO3S/c1-4-15(5-2)13(16)9-19-12-8-11(14(17)18)7-6-10(12)3/h6-8H,4-5,9H2,1-3H3,(H,17,18). The Kier molecular flexibility index (Phi) is 5.89. The number of rotatable bonds is 6. The largest absolute Gasteiger partial charge is 0.478 e. The summed E-state index contributed by atoms with van der Waals surface area (Å²) in [7, 11) is 0. The molecule has 0 bridgehead atoms. The Morgan fingerprint density at radius 1 is 1.26 bits per heavy atom. The molecule has 1 amide bonds. The number of thioether (sulfide) groups is 1. The van der Waals surface area contributed by atoms with Crippen LogP contribution in [0.2, 0.25) is 0 Å². The average Bonchev–Trinajstić information content (AvgIpc) is 2.38. The van der Waals surface area contributed by atoms with Crippen LogP contribution in [0.4, 0.5) is 0 Å². The molecule has 1 aromatic rings. The predicted octanol–water partition coefficient (Wildman–Crippen LogP) is 2.65. The SMILES string of the molecule is CCN(CC)C(=O)CSc1cc(C(=O)O)ccc1C. The first-order chi connectivity index (χ1) is 8.99. The fourth-order valence-electron chi connectivity index (χ4n) is 1.70. The number of nitrogens with zero attached hydrogens (tertiary/aromatic N) is 1. The molecule has 0 saturated carbocycles. The molecule has 0 spiro atoms. The van der Waals surface area contributed by atoms with Crippen molar-refractivity contribution in [3.63, 3.8) is 0 Å². The van der Waals surface area contributed by atoms with E-state index < -0.39 is 5.97 Å². The van der Waals surface area contributed by atoms with Crippen LogP contribution in [0.5, 0.6) is 0 Å². The van der Waals surface area contributed by atoms with Crippen LogP contribution in [-0.4, -0.2) is 40.7 Å². The topological polar surface area (TPSA) is 57.6 Å². The molecule has 0 radical (unpaired) electrons. The van der Waals surface area contributed by atoms with Crippen LogP contribution in [0, 0.1) is 6.92 Å². The van der Waals surface area contributed by atoms with E-state index in [9.17, 15) is 9.59 Å². The van der Waals surface area contributed by atoms with Crippen LogP contribution in [0.15, 0.2) is 23.1 Å². The van der Waals surface area contributed by atoms with Crippen LogP contribution in [0.3, 0.4) is 0 Å². The number of hydrogen-bond donors (Lipinski definition) is 1. The molecule has 0 aliphatic carbocycles. The van der Waals surface area contributed by atoms with E-state index in [2.05, 4.69) is 0 Å². The Morgan fingerprint density at radius 3 is 2.42 bits per heavy atom. The molecule has 1 aromatic carbocycles. The van der Waals surface area contributed by atoms with Gasteiger partial charge in [-0.2, -0.15) is 0 Å². The number of aryl methyl sites for hydroxylation is 1. The van der Waals surface area contributed by atoms with E-state index in [1.165, 1.54) is 11.8 Å². The summed E-state index contributed by atoms with van der Waals surface area (Å²) in [6.07, 6.45) is 0. The molecule has 0 saturated heterocycles. The number of benzene rings is 1. The zero-order valence-electron chi connectivity index (χ0n) is 11.5. The van der Waals surface area contributed by atoms with Crippen molar-refractivity contribution >= 4 is 23.6 Å². The van der Waals surface area contributed by atoms with E-state index in [0.717, 1.165) is 10.5 Å². The van der Waals surface area contributed by atoms with Gasteiger partial charge < -0.3 is 10.0 Å². The first kappa shape index (κ1) is 15.6. The summed E-state index contributed by atoms with van der Waals surface area (Å²) < 4.78 is 0. The van der Waals surface area contributed by atoms with Gasteiger partial charge in [-0.05, 0) is 38.5 Å². The maximum atomic E-state index is 11.9. The first-order valence-corrected chi connectivity index (χ1v) is 7.22. The Labute approximate surface area is 117 Å². The number of carboxylic acids is 1. The second-order valence-corrected chi connectivity index (χ2v) is 5.16. The molecule has 5 heteroatoms. The maximum absolute atomic E-state index is 11.9. The minimum absolute atomic E-state index is 0.0788. The van der Waals surface area contributed by atoms with Crippen LogP contribution < -0.4 is 0 Å². The summed E-state index contributed by atoms with van der Waals surface area (Å²) in [5.74, 6) is -0.530. The highest BCUT2D eigenvalue weighted by Crippen LogP contribution is 2.24. The van der Waals surface area contributed by atoms with Crippen LogP contribution in [0.25, 0.3) is 0 Å². The minimum Gasteiger partial charge on any atom is -0.478 e. The number of aromatic carboxylic acids is 1. The third kappa shape index (κ3) is 4.28. The van der Waals surface area contributed by atoms with E-state index in [1.807, 2.05) is 20.8 Å². The van der Waals surface area contributed by atoms with Crippen LogP contribution in [-0.2, 0) is 4.79 Å². The first-order valence-electron chi connectivity index (χ1n) is 6.24. The van der Waals surface area contributed by atoms with E-state index in [4.69, 9.17) is 5.11 Å². The molecule has 1 N–H and O–H groups in total. The van der Waals surface area contributed by atoms with Gasteiger partial charge in [0.1, 0.15) is 0 Å². The number of hydrogen-bond acceptors (Lipinski definition) is 3. The lowest BCUT2D eigenvalue weighted by molar-refractivity contribution is -0.127. The van der Waals surface area contributed by atoms with Gasteiger partial charge in [-0.25, -0.2) is 4.79 Å². The van der Waals surface area contributed by atoms with Crippen molar-refractivity contribution in [3.8, 4) is 0 Å². The predicted molar refractivity (Wildman–Crippen MR) is 76.8 cm³/mol. The molecule has 0 aromatic heterocycles. The molecule has 0 unspecified atom stereocenters. The second kappa shape index (κ2) is 7.19. The summed E-state index contributed by atoms with van der Waals surface area (Å²) in [5, 5.41) is 8.96. The quantitative estimate of drug-likeness (QED) is 0.814. The Hall–Kier alpha value is -1.49. The van der Waals surface area contributed by atoms with E-state index in [-0.39, 0.29) is 11.5 Å². The fraction of sp³-hybridized carbons (Fsp3) is 0.429. The Morgan fingerprint density at radius 2 is 1.89 bits per heavy atom. The van der Waals surface area contributed by atoms with Gasteiger partial charge in [0, 0.05) is 18.0 Å². The lowest BCUT2D eigenvalue weighted by Crippen LogP contribution is -2.31. The molecule has 0 heterocycles. The average molecular weight is 281 g/mol. The summed E-state index contributed by atoms with van der Waals surface area (Å²) >= 11 is 1.39. The van der Waals surface area contributed by atoms with E-state index in [1.54, 1.807) is 23.1 Å². The third-order valence-corrected chi connectivity index (χ3v) is 4.04. The molecular weight excluding hydrogens is 262 g/mol. The van der Waals surface area contributed by atoms with Gasteiger partial charge in [0.05, 0.1) is 11.3 Å². The van der Waals surface area contributed by atoms with Crippen molar-refractivity contribution in [1.29, 1.82) is 0 Å². The molecule has 0 aliphatic rings. The van der Waals surface area contributed by atoms with Gasteiger partial charge in [-0.3, -0.25) is 4.79 Å². The van der Waals surface area contributed by atoms with Gasteiger partial charge in [0.25, 0.3) is 0 Å². The van der Waals surface area contributed by atoms with Crippen LogP contribution >= 0.6 is 11.8 Å². The molecule has 0 fully saturated rings. The van der Waals surface area contributed by atoms with E-state index >= 15 is 0 Å².